The van der Waals surface area contributed by atoms with Gasteiger partial charge in [-0.1, -0.05) is 30.3 Å². The molecule has 1 rings (SSSR count). The van der Waals surface area contributed by atoms with Crippen LogP contribution in [0.4, 0.5) is 13.2 Å². The highest BCUT2D eigenvalue weighted by Crippen LogP contribution is 2.21. The molecule has 8 heteroatoms. The van der Waals surface area contributed by atoms with Crippen LogP contribution in [0.3, 0.4) is 0 Å². The minimum Gasteiger partial charge on any atom is -0.383 e. The molecule has 1 aromatic rings. The van der Waals surface area contributed by atoms with Gasteiger partial charge in [0.15, 0.2) is 0 Å². The Labute approximate surface area is 118 Å². The lowest BCUT2D eigenvalue weighted by Gasteiger charge is -2.18. The highest BCUT2D eigenvalue weighted by atomic mass is 19.4. The van der Waals surface area contributed by atoms with E-state index in [1.807, 2.05) is 5.32 Å². The summed E-state index contributed by atoms with van der Waals surface area (Å²) in [6, 6.07) is 7.31. The summed E-state index contributed by atoms with van der Waals surface area (Å²) in [7, 11) is 0. The van der Waals surface area contributed by atoms with Crippen LogP contribution in [0.1, 0.15) is 12.0 Å². The van der Waals surface area contributed by atoms with Gasteiger partial charge in [0.2, 0.25) is 11.8 Å². The Morgan fingerprint density at radius 2 is 1.81 bits per heavy atom. The minimum atomic E-state index is -4.68. The average Bonchev–Trinajstić information content (AvgIpc) is 2.36. The first-order chi connectivity index (χ1) is 9.69. The van der Waals surface area contributed by atoms with Crippen molar-refractivity contribution in [1.29, 1.82) is 0 Å². The van der Waals surface area contributed by atoms with E-state index in [2.05, 4.69) is 0 Å². The Bertz CT molecular complexity index is 491. The molecule has 116 valence electrons. The SMILES string of the molecule is NC(=O)[C@H](Cc1ccccc1)NC(=O)[C@H](O)CC(F)(F)F. The standard InChI is InChI=1S/C13H15F3N2O3/c14-13(15,16)7-10(19)12(21)18-9(11(17)20)6-8-4-2-1-3-5-8/h1-5,9-10,19H,6-7H2,(H2,17,20)(H,18,21)/t9-,10+/m0/s1. The summed E-state index contributed by atoms with van der Waals surface area (Å²) in [5, 5.41) is 11.2. The Morgan fingerprint density at radius 1 is 1.24 bits per heavy atom. The number of nitrogens with one attached hydrogen (secondary N) is 1. The Morgan fingerprint density at radius 3 is 2.29 bits per heavy atom. The summed E-state index contributed by atoms with van der Waals surface area (Å²) in [6.45, 7) is 0. The van der Waals surface area contributed by atoms with Gasteiger partial charge in [-0.05, 0) is 5.56 Å². The second-order valence-corrected chi connectivity index (χ2v) is 4.49. The van der Waals surface area contributed by atoms with Gasteiger partial charge < -0.3 is 16.2 Å². The van der Waals surface area contributed by atoms with Crippen molar-refractivity contribution in [2.24, 2.45) is 5.73 Å². The number of aliphatic hydroxyl groups is 1. The van der Waals surface area contributed by atoms with Crippen LogP contribution in [-0.4, -0.2) is 35.2 Å². The lowest BCUT2D eigenvalue weighted by Crippen LogP contribution is -2.49. The molecule has 4 N–H and O–H groups in total. The highest BCUT2D eigenvalue weighted by Gasteiger charge is 2.35. The maximum atomic E-state index is 12.1. The van der Waals surface area contributed by atoms with Crippen molar-refractivity contribution < 1.29 is 27.9 Å². The molecule has 0 spiro atoms. The van der Waals surface area contributed by atoms with E-state index >= 15 is 0 Å². The molecule has 0 saturated heterocycles. The molecular formula is C13H15F3N2O3. The van der Waals surface area contributed by atoms with Gasteiger partial charge in [-0.25, -0.2) is 0 Å². The van der Waals surface area contributed by atoms with Crippen LogP contribution >= 0.6 is 0 Å². The molecule has 0 aromatic heterocycles. The Kier molecular flexibility index (Phi) is 5.71. The molecule has 0 radical (unpaired) electrons. The zero-order valence-corrected chi connectivity index (χ0v) is 10.9. The van der Waals surface area contributed by atoms with Gasteiger partial charge in [-0.2, -0.15) is 13.2 Å². The number of aliphatic hydroxyl groups excluding tert-OH is 1. The molecule has 0 saturated carbocycles. The number of nitrogens with two attached hydrogens (primary N) is 1. The van der Waals surface area contributed by atoms with E-state index in [0.717, 1.165) is 0 Å². The van der Waals surface area contributed by atoms with Crippen molar-refractivity contribution in [1.82, 2.24) is 5.32 Å². The quantitative estimate of drug-likeness (QED) is 0.715. The van der Waals surface area contributed by atoms with Crippen LogP contribution in [-0.2, 0) is 16.0 Å². The fourth-order valence-electron chi connectivity index (χ4n) is 1.65. The maximum absolute atomic E-state index is 12.1. The molecule has 2 amide bonds. The number of carbonyl (C=O) groups is 2. The Hall–Kier alpha value is -2.09. The zero-order chi connectivity index (χ0) is 16.0. The number of halogens is 3. The van der Waals surface area contributed by atoms with Crippen LogP contribution in [0, 0.1) is 0 Å². The van der Waals surface area contributed by atoms with E-state index in [1.54, 1.807) is 30.3 Å². The van der Waals surface area contributed by atoms with Gasteiger partial charge in [0, 0.05) is 6.42 Å². The third-order valence-corrected chi connectivity index (χ3v) is 2.67. The van der Waals surface area contributed by atoms with Gasteiger partial charge in [-0.3, -0.25) is 9.59 Å². The lowest BCUT2D eigenvalue weighted by atomic mass is 10.0. The molecule has 5 nitrogen and oxygen atoms in total. The van der Waals surface area contributed by atoms with E-state index in [4.69, 9.17) is 10.8 Å². The summed E-state index contributed by atoms with van der Waals surface area (Å²) in [5.41, 5.74) is 5.78. The van der Waals surface area contributed by atoms with Crippen LogP contribution < -0.4 is 11.1 Å². The van der Waals surface area contributed by atoms with Crippen LogP contribution in [0.25, 0.3) is 0 Å². The van der Waals surface area contributed by atoms with Crippen LogP contribution in [0.2, 0.25) is 0 Å². The number of benzene rings is 1. The van der Waals surface area contributed by atoms with E-state index < -0.39 is 36.6 Å². The maximum Gasteiger partial charge on any atom is 0.392 e. The second-order valence-electron chi connectivity index (χ2n) is 4.49. The first-order valence-corrected chi connectivity index (χ1v) is 6.07. The van der Waals surface area contributed by atoms with Crippen molar-refractivity contribution in [2.75, 3.05) is 0 Å². The third-order valence-electron chi connectivity index (χ3n) is 2.67. The second kappa shape index (κ2) is 7.07. The minimum absolute atomic E-state index is 0.0284. The number of carbonyl (C=O) groups excluding carboxylic acids is 2. The molecule has 0 aliphatic carbocycles. The molecule has 2 atom stereocenters. The lowest BCUT2D eigenvalue weighted by molar-refractivity contribution is -0.163. The van der Waals surface area contributed by atoms with E-state index in [1.165, 1.54) is 0 Å². The van der Waals surface area contributed by atoms with Crippen molar-refractivity contribution in [3.8, 4) is 0 Å². The highest BCUT2D eigenvalue weighted by molar-refractivity contribution is 5.88. The van der Waals surface area contributed by atoms with Gasteiger partial charge in [0.05, 0.1) is 6.42 Å². The van der Waals surface area contributed by atoms with E-state index in [0.29, 0.717) is 5.56 Å². The van der Waals surface area contributed by atoms with Crippen LogP contribution in [0.5, 0.6) is 0 Å². The van der Waals surface area contributed by atoms with Gasteiger partial charge in [-0.15, -0.1) is 0 Å². The smallest absolute Gasteiger partial charge is 0.383 e. The fourth-order valence-corrected chi connectivity index (χ4v) is 1.65. The summed E-state index contributed by atoms with van der Waals surface area (Å²) in [4.78, 5) is 22.7. The van der Waals surface area contributed by atoms with Crippen molar-refractivity contribution in [3.63, 3.8) is 0 Å². The normalized spacial score (nSPS) is 14.3. The first kappa shape index (κ1) is 17.0. The molecular weight excluding hydrogens is 289 g/mol. The summed E-state index contributed by atoms with van der Waals surface area (Å²) in [6.07, 6.45) is -8.61. The number of amides is 2. The van der Waals surface area contributed by atoms with Crippen molar-refractivity contribution >= 4 is 11.8 Å². The zero-order valence-electron chi connectivity index (χ0n) is 10.9. The van der Waals surface area contributed by atoms with Crippen LogP contribution in [0.15, 0.2) is 30.3 Å². The summed E-state index contributed by atoms with van der Waals surface area (Å²) in [5.74, 6) is -2.18. The molecule has 0 unspecified atom stereocenters. The predicted molar refractivity (Wildman–Crippen MR) is 67.9 cm³/mol. The molecule has 21 heavy (non-hydrogen) atoms. The van der Waals surface area contributed by atoms with Crippen molar-refractivity contribution in [2.45, 2.75) is 31.2 Å². The average molecular weight is 304 g/mol. The molecule has 0 aliphatic rings. The van der Waals surface area contributed by atoms with E-state index in [9.17, 15) is 22.8 Å². The number of hydrogen-bond acceptors (Lipinski definition) is 3. The molecule has 0 fully saturated rings. The van der Waals surface area contributed by atoms with E-state index in [-0.39, 0.29) is 6.42 Å². The molecule has 0 heterocycles. The molecule has 0 aliphatic heterocycles. The monoisotopic (exact) mass is 304 g/mol. The number of alkyl halides is 3. The number of rotatable bonds is 6. The third kappa shape index (κ3) is 6.26. The predicted octanol–water partition coefficient (Wildman–Crippen LogP) is 0.512. The van der Waals surface area contributed by atoms with Gasteiger partial charge in [0.25, 0.3) is 0 Å². The number of hydrogen-bond donors (Lipinski definition) is 3. The fraction of sp³-hybridized carbons (Fsp3) is 0.385. The molecule has 0 bridgehead atoms. The van der Waals surface area contributed by atoms with Gasteiger partial charge in [0.1, 0.15) is 12.1 Å². The van der Waals surface area contributed by atoms with Gasteiger partial charge >= 0.3 is 6.18 Å². The topological polar surface area (TPSA) is 92.4 Å². The summed E-state index contributed by atoms with van der Waals surface area (Å²) < 4.78 is 36.2. The van der Waals surface area contributed by atoms with Crippen molar-refractivity contribution in [3.05, 3.63) is 35.9 Å². The summed E-state index contributed by atoms with van der Waals surface area (Å²) >= 11 is 0. The number of primary amides is 1. The largest absolute Gasteiger partial charge is 0.392 e. The molecule has 1 aromatic carbocycles. The Balaban J connectivity index is 2.66. The first-order valence-electron chi connectivity index (χ1n) is 6.07.